The molecule has 2 amide bonds. The summed E-state index contributed by atoms with van der Waals surface area (Å²) in [7, 11) is 0. The van der Waals surface area contributed by atoms with Crippen LogP contribution in [-0.4, -0.2) is 34.6 Å². The number of hydrogen-bond acceptors (Lipinski definition) is 2. The van der Waals surface area contributed by atoms with E-state index >= 15 is 0 Å². The van der Waals surface area contributed by atoms with Crippen molar-refractivity contribution in [3.8, 4) is 0 Å². The van der Waals surface area contributed by atoms with E-state index in [0.29, 0.717) is 19.4 Å². The molecule has 5 nitrogen and oxygen atoms in total. The van der Waals surface area contributed by atoms with Gasteiger partial charge in [-0.15, -0.1) is 0 Å². The maximum atomic E-state index is 10.9. The standard InChI is InChI=1S/C7H10N2O3/c8-5(10)7-1-4(2-7)9(3-7)6(11)12/h4H,1-3H2,(H2,8,10)(H,11,12). The lowest BCUT2D eigenvalue weighted by molar-refractivity contribution is -0.129. The molecule has 12 heavy (non-hydrogen) atoms. The molecule has 5 heteroatoms. The third-order valence-corrected chi connectivity index (χ3v) is 2.93. The number of carbonyl (C=O) groups is 2. The summed E-state index contributed by atoms with van der Waals surface area (Å²) in [5.74, 6) is -0.359. The maximum Gasteiger partial charge on any atom is 0.407 e. The van der Waals surface area contributed by atoms with Crippen molar-refractivity contribution in [2.24, 2.45) is 11.1 Å². The third kappa shape index (κ3) is 0.680. The molecule has 1 saturated carbocycles. The SMILES string of the molecule is NC(=O)C12CC(C1)N(C(=O)O)C2. The normalized spacial score (nSPS) is 37.7. The van der Waals surface area contributed by atoms with Crippen LogP contribution < -0.4 is 5.73 Å². The lowest BCUT2D eigenvalue weighted by atomic mass is 9.70. The van der Waals surface area contributed by atoms with Gasteiger partial charge in [0.2, 0.25) is 5.91 Å². The van der Waals surface area contributed by atoms with Crippen LogP contribution in [0.5, 0.6) is 0 Å². The number of carbonyl (C=O) groups excluding carboxylic acids is 1. The Morgan fingerprint density at radius 1 is 1.50 bits per heavy atom. The van der Waals surface area contributed by atoms with Crippen LogP contribution in [0.4, 0.5) is 4.79 Å². The van der Waals surface area contributed by atoms with Crippen molar-refractivity contribution in [1.82, 2.24) is 4.90 Å². The van der Waals surface area contributed by atoms with Crippen LogP contribution in [0.2, 0.25) is 0 Å². The Balaban J connectivity index is 2.15. The summed E-state index contributed by atoms with van der Waals surface area (Å²) < 4.78 is 0. The van der Waals surface area contributed by atoms with E-state index in [1.165, 1.54) is 4.90 Å². The second-order valence-corrected chi connectivity index (χ2v) is 3.62. The van der Waals surface area contributed by atoms with Gasteiger partial charge in [0.05, 0.1) is 5.41 Å². The van der Waals surface area contributed by atoms with E-state index in [1.54, 1.807) is 0 Å². The van der Waals surface area contributed by atoms with Crippen molar-refractivity contribution < 1.29 is 14.7 Å². The molecular formula is C7H10N2O3. The van der Waals surface area contributed by atoms with Crippen molar-refractivity contribution in [2.45, 2.75) is 18.9 Å². The minimum Gasteiger partial charge on any atom is -0.465 e. The molecule has 2 aliphatic heterocycles. The van der Waals surface area contributed by atoms with Gasteiger partial charge in [0, 0.05) is 12.6 Å². The van der Waals surface area contributed by atoms with Gasteiger partial charge < -0.3 is 15.7 Å². The first-order valence-corrected chi connectivity index (χ1v) is 3.85. The molecule has 1 aliphatic carbocycles. The van der Waals surface area contributed by atoms with E-state index in [9.17, 15) is 9.59 Å². The number of nitrogens with zero attached hydrogens (tertiary/aromatic N) is 1. The molecule has 0 unspecified atom stereocenters. The number of rotatable bonds is 1. The predicted molar refractivity (Wildman–Crippen MR) is 39.4 cm³/mol. The van der Waals surface area contributed by atoms with E-state index in [-0.39, 0.29) is 11.9 Å². The molecule has 0 aromatic carbocycles. The summed E-state index contributed by atoms with van der Waals surface area (Å²) in [6, 6.07) is 0.0370. The van der Waals surface area contributed by atoms with Gasteiger partial charge in [0.25, 0.3) is 0 Å². The fourth-order valence-corrected chi connectivity index (χ4v) is 2.15. The minimum absolute atomic E-state index is 0.0370. The van der Waals surface area contributed by atoms with Crippen LogP contribution in [0.25, 0.3) is 0 Å². The fraction of sp³-hybridized carbons (Fsp3) is 0.714. The summed E-state index contributed by atoms with van der Waals surface area (Å²) in [6.07, 6.45) is 0.295. The summed E-state index contributed by atoms with van der Waals surface area (Å²) in [6.45, 7) is 0.294. The fourth-order valence-electron chi connectivity index (χ4n) is 2.15. The molecule has 3 N–H and O–H groups in total. The van der Waals surface area contributed by atoms with Gasteiger partial charge >= 0.3 is 6.09 Å². The summed E-state index contributed by atoms with van der Waals surface area (Å²) in [5, 5.41) is 8.68. The van der Waals surface area contributed by atoms with Crippen molar-refractivity contribution >= 4 is 12.0 Å². The molecule has 2 saturated heterocycles. The van der Waals surface area contributed by atoms with Gasteiger partial charge in [-0.05, 0) is 12.8 Å². The molecule has 0 spiro atoms. The second-order valence-electron chi connectivity index (χ2n) is 3.62. The Morgan fingerprint density at radius 2 is 2.08 bits per heavy atom. The number of fused-ring (bicyclic) bond motifs is 1. The van der Waals surface area contributed by atoms with Crippen LogP contribution in [0, 0.1) is 5.41 Å². The van der Waals surface area contributed by atoms with Gasteiger partial charge in [0.15, 0.2) is 0 Å². The zero-order valence-corrected chi connectivity index (χ0v) is 6.49. The zero-order valence-electron chi connectivity index (χ0n) is 6.49. The summed E-state index contributed by atoms with van der Waals surface area (Å²) in [5.41, 5.74) is 4.65. The number of carboxylic acid groups (broad SMARTS) is 1. The smallest absolute Gasteiger partial charge is 0.407 e. The Kier molecular flexibility index (Phi) is 1.18. The highest BCUT2D eigenvalue weighted by atomic mass is 16.4. The van der Waals surface area contributed by atoms with E-state index < -0.39 is 11.5 Å². The van der Waals surface area contributed by atoms with Gasteiger partial charge in [-0.1, -0.05) is 0 Å². The monoisotopic (exact) mass is 170 g/mol. The van der Waals surface area contributed by atoms with Crippen LogP contribution in [0.3, 0.4) is 0 Å². The first kappa shape index (κ1) is 7.39. The molecule has 2 bridgehead atoms. The topological polar surface area (TPSA) is 83.6 Å². The number of amides is 2. The summed E-state index contributed by atoms with van der Waals surface area (Å²) >= 11 is 0. The lowest BCUT2D eigenvalue weighted by Gasteiger charge is -2.33. The van der Waals surface area contributed by atoms with Crippen LogP contribution >= 0.6 is 0 Å². The molecule has 66 valence electrons. The van der Waals surface area contributed by atoms with Crippen molar-refractivity contribution in [3.63, 3.8) is 0 Å². The van der Waals surface area contributed by atoms with Crippen LogP contribution in [-0.2, 0) is 4.79 Å². The largest absolute Gasteiger partial charge is 0.465 e. The Bertz CT molecular complexity index is 257. The highest BCUT2D eigenvalue weighted by molar-refractivity contribution is 5.85. The Hall–Kier alpha value is -1.26. The highest BCUT2D eigenvalue weighted by Gasteiger charge is 2.60. The zero-order chi connectivity index (χ0) is 8.93. The second kappa shape index (κ2) is 1.91. The molecule has 0 radical (unpaired) electrons. The van der Waals surface area contributed by atoms with Gasteiger partial charge in [-0.25, -0.2) is 4.79 Å². The number of primary amides is 1. The number of hydrogen-bond donors (Lipinski definition) is 2. The lowest BCUT2D eigenvalue weighted by Crippen LogP contribution is -2.44. The average molecular weight is 170 g/mol. The maximum absolute atomic E-state index is 10.9. The summed E-state index contributed by atoms with van der Waals surface area (Å²) in [4.78, 5) is 22.8. The van der Waals surface area contributed by atoms with Gasteiger partial charge in [0.1, 0.15) is 0 Å². The molecule has 0 aromatic rings. The van der Waals surface area contributed by atoms with Gasteiger partial charge in [-0.3, -0.25) is 4.79 Å². The predicted octanol–water partition coefficient (Wildman–Crippen LogP) is -0.386. The van der Waals surface area contributed by atoms with Crippen molar-refractivity contribution in [2.75, 3.05) is 6.54 Å². The molecule has 0 aromatic heterocycles. The van der Waals surface area contributed by atoms with E-state index in [4.69, 9.17) is 10.8 Å². The van der Waals surface area contributed by atoms with E-state index in [2.05, 4.69) is 0 Å². The first-order valence-electron chi connectivity index (χ1n) is 3.85. The molecule has 3 fully saturated rings. The van der Waals surface area contributed by atoms with E-state index in [1.807, 2.05) is 0 Å². The molecule has 0 atom stereocenters. The highest BCUT2D eigenvalue weighted by Crippen LogP contribution is 2.51. The third-order valence-electron chi connectivity index (χ3n) is 2.93. The van der Waals surface area contributed by atoms with Crippen LogP contribution in [0.1, 0.15) is 12.8 Å². The van der Waals surface area contributed by atoms with Crippen molar-refractivity contribution in [3.05, 3.63) is 0 Å². The van der Waals surface area contributed by atoms with Crippen molar-refractivity contribution in [1.29, 1.82) is 0 Å². The van der Waals surface area contributed by atoms with Gasteiger partial charge in [-0.2, -0.15) is 0 Å². The quantitative estimate of drug-likeness (QED) is 0.562. The van der Waals surface area contributed by atoms with Crippen LogP contribution in [0.15, 0.2) is 0 Å². The minimum atomic E-state index is -0.944. The molecule has 2 heterocycles. The van der Waals surface area contributed by atoms with E-state index in [0.717, 1.165) is 0 Å². The Morgan fingerprint density at radius 3 is 2.33 bits per heavy atom. The molecular weight excluding hydrogens is 160 g/mol. The first-order chi connectivity index (χ1) is 5.55. The molecule has 3 rings (SSSR count). The average Bonchev–Trinajstić information content (AvgIpc) is 2.36. The Labute approximate surface area is 69.1 Å². The molecule has 3 aliphatic rings. The number of nitrogens with two attached hydrogens (primary N) is 1.